The van der Waals surface area contributed by atoms with Gasteiger partial charge in [-0.05, 0) is 36.3 Å². The molecule has 0 amide bonds. The van der Waals surface area contributed by atoms with Crippen molar-refractivity contribution >= 4 is 0 Å². The number of hydrogen-bond acceptors (Lipinski definition) is 4. The number of fused-ring (bicyclic) bond motifs is 1. The fourth-order valence-electron chi connectivity index (χ4n) is 4.38. The number of nitrogens with zero attached hydrogens (tertiary/aromatic N) is 1. The molecule has 1 unspecified atom stereocenters. The van der Waals surface area contributed by atoms with Gasteiger partial charge in [-0.3, -0.25) is 0 Å². The van der Waals surface area contributed by atoms with Crippen molar-refractivity contribution in [1.29, 1.82) is 0 Å². The normalized spacial score (nSPS) is 17.5. The molecule has 0 bridgehead atoms. The lowest BCUT2D eigenvalue weighted by Crippen LogP contribution is -2.28. The Kier molecular flexibility index (Phi) is 8.98. The standard InChI is InChI=1S/C26H39NO3/c1-4-5-6-7-8-9-10-11-16-27(24-14-13-23(28-3)17-21(24)2)19-22-12-15-25-26(18-22)30-20-29-25/h12-15,18,21H,4-11,16-17,19-20H2,1-3H3. The topological polar surface area (TPSA) is 30.9 Å². The summed E-state index contributed by atoms with van der Waals surface area (Å²) in [6.07, 6.45) is 16.1. The van der Waals surface area contributed by atoms with E-state index in [1.807, 2.05) is 6.07 Å². The lowest BCUT2D eigenvalue weighted by molar-refractivity contribution is 0.174. The molecule has 0 aromatic heterocycles. The molecule has 3 rings (SSSR count). The van der Waals surface area contributed by atoms with Crippen LogP contribution >= 0.6 is 0 Å². The van der Waals surface area contributed by atoms with Crippen LogP contribution in [0.2, 0.25) is 0 Å². The van der Waals surface area contributed by atoms with E-state index in [1.54, 1.807) is 7.11 Å². The van der Waals surface area contributed by atoms with Crippen molar-refractivity contribution < 1.29 is 14.2 Å². The highest BCUT2D eigenvalue weighted by atomic mass is 16.7. The van der Waals surface area contributed by atoms with Crippen LogP contribution in [0.3, 0.4) is 0 Å². The highest BCUT2D eigenvalue weighted by molar-refractivity contribution is 5.44. The SMILES string of the molecule is CCCCCCCCCCN(Cc1ccc2c(c1)OCO2)C1=CC=C(OC)CC1C. The van der Waals surface area contributed by atoms with E-state index >= 15 is 0 Å². The zero-order valence-electron chi connectivity index (χ0n) is 19.1. The number of allylic oxidation sites excluding steroid dienone is 4. The molecule has 1 aliphatic heterocycles. The van der Waals surface area contributed by atoms with Crippen LogP contribution in [-0.4, -0.2) is 25.3 Å². The summed E-state index contributed by atoms with van der Waals surface area (Å²) >= 11 is 0. The summed E-state index contributed by atoms with van der Waals surface area (Å²) < 4.78 is 16.5. The average Bonchev–Trinajstić information content (AvgIpc) is 3.22. The lowest BCUT2D eigenvalue weighted by Gasteiger charge is -2.33. The molecular weight excluding hydrogens is 374 g/mol. The van der Waals surface area contributed by atoms with Crippen molar-refractivity contribution in [3.63, 3.8) is 0 Å². The van der Waals surface area contributed by atoms with Gasteiger partial charge in [-0.1, -0.05) is 64.9 Å². The third kappa shape index (κ3) is 6.45. The predicted molar refractivity (Wildman–Crippen MR) is 123 cm³/mol. The van der Waals surface area contributed by atoms with Gasteiger partial charge in [-0.2, -0.15) is 0 Å². The Morgan fingerprint density at radius 2 is 1.70 bits per heavy atom. The van der Waals surface area contributed by atoms with E-state index in [2.05, 4.69) is 43.0 Å². The number of ether oxygens (including phenoxy) is 3. The number of benzene rings is 1. The summed E-state index contributed by atoms with van der Waals surface area (Å²) in [4.78, 5) is 2.56. The highest BCUT2D eigenvalue weighted by Gasteiger charge is 2.22. The van der Waals surface area contributed by atoms with Crippen molar-refractivity contribution in [2.45, 2.75) is 78.2 Å². The Bertz CT molecular complexity index is 725. The molecule has 30 heavy (non-hydrogen) atoms. The highest BCUT2D eigenvalue weighted by Crippen LogP contribution is 2.34. The molecule has 4 nitrogen and oxygen atoms in total. The second-order valence-electron chi connectivity index (χ2n) is 8.62. The van der Waals surface area contributed by atoms with Gasteiger partial charge in [0.15, 0.2) is 11.5 Å². The van der Waals surface area contributed by atoms with E-state index in [9.17, 15) is 0 Å². The van der Waals surface area contributed by atoms with Gasteiger partial charge in [-0.15, -0.1) is 0 Å². The van der Waals surface area contributed by atoms with E-state index in [1.165, 1.54) is 62.6 Å². The van der Waals surface area contributed by atoms with Gasteiger partial charge in [0.1, 0.15) is 0 Å². The summed E-state index contributed by atoms with van der Waals surface area (Å²) in [7, 11) is 1.77. The second kappa shape index (κ2) is 11.9. The largest absolute Gasteiger partial charge is 0.501 e. The maximum atomic E-state index is 5.59. The van der Waals surface area contributed by atoms with Crippen LogP contribution in [-0.2, 0) is 11.3 Å². The van der Waals surface area contributed by atoms with Gasteiger partial charge in [0.2, 0.25) is 6.79 Å². The van der Waals surface area contributed by atoms with Crippen LogP contribution in [0.5, 0.6) is 11.5 Å². The first-order valence-electron chi connectivity index (χ1n) is 11.8. The molecule has 4 heteroatoms. The second-order valence-corrected chi connectivity index (χ2v) is 8.62. The first-order valence-corrected chi connectivity index (χ1v) is 11.8. The molecule has 166 valence electrons. The van der Waals surface area contributed by atoms with Crippen LogP contribution in [0, 0.1) is 5.92 Å². The molecule has 1 aromatic rings. The minimum atomic E-state index is 0.327. The van der Waals surface area contributed by atoms with Crippen LogP contribution in [0.15, 0.2) is 41.8 Å². The van der Waals surface area contributed by atoms with Gasteiger partial charge in [-0.25, -0.2) is 0 Å². The fourth-order valence-corrected chi connectivity index (χ4v) is 4.38. The molecule has 0 radical (unpaired) electrons. The fraction of sp³-hybridized carbons (Fsp3) is 0.615. The third-order valence-corrected chi connectivity index (χ3v) is 6.17. The maximum absolute atomic E-state index is 5.59. The average molecular weight is 414 g/mol. The van der Waals surface area contributed by atoms with E-state index in [0.29, 0.717) is 12.7 Å². The van der Waals surface area contributed by atoms with E-state index < -0.39 is 0 Å². The molecule has 0 N–H and O–H groups in total. The quantitative estimate of drug-likeness (QED) is 0.332. The van der Waals surface area contributed by atoms with Crippen molar-refractivity contribution in [3.05, 3.63) is 47.4 Å². The Morgan fingerprint density at radius 3 is 2.43 bits per heavy atom. The summed E-state index contributed by atoms with van der Waals surface area (Å²) in [5.74, 6) is 3.26. The Hall–Kier alpha value is -2.10. The smallest absolute Gasteiger partial charge is 0.231 e. The van der Waals surface area contributed by atoms with Crippen LogP contribution in [0.1, 0.15) is 77.2 Å². The monoisotopic (exact) mass is 413 g/mol. The third-order valence-electron chi connectivity index (χ3n) is 6.17. The summed E-state index contributed by atoms with van der Waals surface area (Å²) in [5.41, 5.74) is 2.69. The zero-order chi connectivity index (χ0) is 21.2. The predicted octanol–water partition coefficient (Wildman–Crippen LogP) is 6.81. The molecule has 1 heterocycles. The zero-order valence-corrected chi connectivity index (χ0v) is 19.1. The number of hydrogen-bond donors (Lipinski definition) is 0. The van der Waals surface area contributed by atoms with Crippen molar-refractivity contribution in [1.82, 2.24) is 4.90 Å². The van der Waals surface area contributed by atoms with E-state index in [4.69, 9.17) is 14.2 Å². The molecule has 0 fully saturated rings. The van der Waals surface area contributed by atoms with Crippen LogP contribution in [0.25, 0.3) is 0 Å². The number of unbranched alkanes of at least 4 members (excludes halogenated alkanes) is 7. The van der Waals surface area contributed by atoms with Gasteiger partial charge in [0.25, 0.3) is 0 Å². The molecule has 0 spiro atoms. The van der Waals surface area contributed by atoms with Crippen molar-refractivity contribution in [2.75, 3.05) is 20.4 Å². The van der Waals surface area contributed by atoms with E-state index in [-0.39, 0.29) is 0 Å². The molecule has 1 atom stereocenters. The summed E-state index contributed by atoms with van der Waals surface area (Å²) in [6.45, 7) is 6.90. The first-order chi connectivity index (χ1) is 14.7. The molecule has 1 aromatic carbocycles. The molecule has 1 aliphatic carbocycles. The molecule has 0 saturated carbocycles. The maximum Gasteiger partial charge on any atom is 0.231 e. The summed E-state index contributed by atoms with van der Waals surface area (Å²) in [6, 6.07) is 6.33. The minimum absolute atomic E-state index is 0.327. The van der Waals surface area contributed by atoms with Crippen LogP contribution < -0.4 is 9.47 Å². The minimum Gasteiger partial charge on any atom is -0.501 e. The first kappa shape index (κ1) is 22.6. The van der Waals surface area contributed by atoms with Gasteiger partial charge < -0.3 is 19.1 Å². The summed E-state index contributed by atoms with van der Waals surface area (Å²) in [5, 5.41) is 0. The van der Waals surface area contributed by atoms with Gasteiger partial charge in [0.05, 0.1) is 12.9 Å². The van der Waals surface area contributed by atoms with Crippen molar-refractivity contribution in [3.8, 4) is 11.5 Å². The number of rotatable bonds is 13. The Morgan fingerprint density at radius 1 is 0.967 bits per heavy atom. The Balaban J connectivity index is 1.59. The van der Waals surface area contributed by atoms with Gasteiger partial charge >= 0.3 is 0 Å². The van der Waals surface area contributed by atoms with Gasteiger partial charge in [0, 0.05) is 31.1 Å². The van der Waals surface area contributed by atoms with Crippen molar-refractivity contribution in [2.24, 2.45) is 5.92 Å². The lowest BCUT2D eigenvalue weighted by atomic mass is 9.95. The number of methoxy groups -OCH3 is 1. The molecule has 2 aliphatic rings. The Labute approximate surface area is 182 Å². The molecular formula is C26H39NO3. The molecule has 0 saturated heterocycles. The van der Waals surface area contributed by atoms with E-state index in [0.717, 1.165) is 36.8 Å². The van der Waals surface area contributed by atoms with Crippen LogP contribution in [0.4, 0.5) is 0 Å².